The van der Waals surface area contributed by atoms with Gasteiger partial charge in [0, 0.05) is 36.3 Å². The van der Waals surface area contributed by atoms with Gasteiger partial charge in [-0.05, 0) is 42.7 Å². The van der Waals surface area contributed by atoms with Crippen LogP contribution in [0.2, 0.25) is 0 Å². The highest BCUT2D eigenvalue weighted by Gasteiger charge is 2.39. The zero-order chi connectivity index (χ0) is 25.3. The van der Waals surface area contributed by atoms with E-state index in [1.165, 1.54) is 36.4 Å². The Morgan fingerprint density at radius 1 is 0.971 bits per heavy atom. The molecule has 0 unspecified atom stereocenters. The lowest BCUT2D eigenvalue weighted by molar-refractivity contribution is -0.159. The standard InChI is InChI=1S/C23H19F6N3O3/c24-22(25,26)17-6-4-16(5-7-17)21(8-10-34-11-9-21)13-30-19(33)15-3-1-2-14(12-15)18-31-20(35-32-18)23(27,28)29/h1-7,12H,8-11,13H2,(H,30,33). The van der Waals surface area contributed by atoms with E-state index in [1.807, 2.05) is 0 Å². The zero-order valence-electron chi connectivity index (χ0n) is 18.0. The maximum absolute atomic E-state index is 13.0. The maximum Gasteiger partial charge on any atom is 0.471 e. The van der Waals surface area contributed by atoms with Crippen LogP contribution >= 0.6 is 0 Å². The summed E-state index contributed by atoms with van der Waals surface area (Å²) in [5, 5.41) is 6.12. The van der Waals surface area contributed by atoms with E-state index in [1.54, 1.807) is 0 Å². The normalized spacial score (nSPS) is 16.2. The van der Waals surface area contributed by atoms with Crippen LogP contribution in [0.5, 0.6) is 0 Å². The topological polar surface area (TPSA) is 77.2 Å². The number of nitrogens with one attached hydrogen (secondary N) is 1. The van der Waals surface area contributed by atoms with E-state index < -0.39 is 35.1 Å². The highest BCUT2D eigenvalue weighted by molar-refractivity contribution is 5.95. The summed E-state index contributed by atoms with van der Waals surface area (Å²) in [6, 6.07) is 10.5. The summed E-state index contributed by atoms with van der Waals surface area (Å²) in [6.45, 7) is 0.892. The van der Waals surface area contributed by atoms with Crippen LogP contribution in [0, 0.1) is 0 Å². The first-order chi connectivity index (χ1) is 16.5. The van der Waals surface area contributed by atoms with Crippen LogP contribution in [0.15, 0.2) is 53.1 Å². The van der Waals surface area contributed by atoms with E-state index in [4.69, 9.17) is 4.74 Å². The first-order valence-corrected chi connectivity index (χ1v) is 10.5. The van der Waals surface area contributed by atoms with Gasteiger partial charge in [0.15, 0.2) is 0 Å². The molecular formula is C23H19F6N3O3. The number of hydrogen-bond donors (Lipinski definition) is 1. The van der Waals surface area contributed by atoms with Gasteiger partial charge in [-0.3, -0.25) is 4.79 Å². The molecule has 1 amide bonds. The number of carbonyl (C=O) groups excluding carboxylic acids is 1. The Morgan fingerprint density at radius 3 is 2.26 bits per heavy atom. The van der Waals surface area contributed by atoms with Crippen molar-refractivity contribution in [1.29, 1.82) is 0 Å². The Balaban J connectivity index is 1.52. The van der Waals surface area contributed by atoms with Crippen molar-refractivity contribution in [1.82, 2.24) is 15.5 Å². The van der Waals surface area contributed by atoms with Crippen molar-refractivity contribution < 1.29 is 40.4 Å². The monoisotopic (exact) mass is 499 g/mol. The van der Waals surface area contributed by atoms with Crippen LogP contribution in [0.3, 0.4) is 0 Å². The molecule has 6 nitrogen and oxygen atoms in total. The van der Waals surface area contributed by atoms with Gasteiger partial charge in [0.05, 0.1) is 5.56 Å². The molecule has 1 saturated heterocycles. The molecule has 1 fully saturated rings. The summed E-state index contributed by atoms with van der Waals surface area (Å²) in [7, 11) is 0. The maximum atomic E-state index is 13.0. The first kappa shape index (κ1) is 24.7. The largest absolute Gasteiger partial charge is 0.471 e. The van der Waals surface area contributed by atoms with Crippen molar-refractivity contribution in [3.05, 3.63) is 71.1 Å². The molecule has 35 heavy (non-hydrogen) atoms. The van der Waals surface area contributed by atoms with Gasteiger partial charge in [0.2, 0.25) is 5.82 Å². The summed E-state index contributed by atoms with van der Waals surface area (Å²) in [5.41, 5.74) is -0.449. The van der Waals surface area contributed by atoms with E-state index in [9.17, 15) is 31.1 Å². The second-order valence-corrected chi connectivity index (χ2v) is 8.15. The number of ether oxygens (including phenoxy) is 1. The number of nitrogens with zero attached hydrogens (tertiary/aromatic N) is 2. The predicted molar refractivity (Wildman–Crippen MR) is 110 cm³/mol. The smallest absolute Gasteiger partial charge is 0.381 e. The molecule has 0 bridgehead atoms. The molecule has 1 N–H and O–H groups in total. The molecular weight excluding hydrogens is 480 g/mol. The number of hydrogen-bond acceptors (Lipinski definition) is 5. The second kappa shape index (κ2) is 9.33. The molecule has 0 radical (unpaired) electrons. The molecule has 1 aliphatic rings. The average molecular weight is 499 g/mol. The lowest BCUT2D eigenvalue weighted by atomic mass is 9.74. The van der Waals surface area contributed by atoms with Gasteiger partial charge in [-0.15, -0.1) is 0 Å². The zero-order valence-corrected chi connectivity index (χ0v) is 18.0. The SMILES string of the molecule is O=C(NCC1(c2ccc(C(F)(F)F)cc2)CCOCC1)c1cccc(-c2noc(C(F)(F)F)n2)c1. The van der Waals surface area contributed by atoms with Crippen molar-refractivity contribution in [3.63, 3.8) is 0 Å². The quantitative estimate of drug-likeness (QED) is 0.485. The minimum absolute atomic E-state index is 0.130. The Kier molecular flexibility index (Phi) is 6.58. The average Bonchev–Trinajstić information content (AvgIpc) is 3.34. The minimum atomic E-state index is -4.80. The van der Waals surface area contributed by atoms with Crippen LogP contribution < -0.4 is 5.32 Å². The van der Waals surface area contributed by atoms with Crippen LogP contribution in [0.1, 0.15) is 40.2 Å². The highest BCUT2D eigenvalue weighted by Crippen LogP contribution is 2.37. The van der Waals surface area contributed by atoms with Crippen LogP contribution in [0.4, 0.5) is 26.3 Å². The van der Waals surface area contributed by atoms with E-state index in [0.29, 0.717) is 31.6 Å². The predicted octanol–water partition coefficient (Wildman–Crippen LogP) is 5.25. The molecule has 0 spiro atoms. The van der Waals surface area contributed by atoms with Crippen molar-refractivity contribution in [3.8, 4) is 11.4 Å². The van der Waals surface area contributed by atoms with Crippen molar-refractivity contribution in [2.24, 2.45) is 0 Å². The van der Waals surface area contributed by atoms with Gasteiger partial charge < -0.3 is 14.6 Å². The Morgan fingerprint density at radius 2 is 1.66 bits per heavy atom. The lowest BCUT2D eigenvalue weighted by Crippen LogP contribution is -2.44. The molecule has 0 atom stereocenters. The molecule has 2 heterocycles. The third-order valence-electron chi connectivity index (χ3n) is 5.91. The van der Waals surface area contributed by atoms with Gasteiger partial charge in [-0.1, -0.05) is 29.4 Å². The molecule has 2 aromatic carbocycles. The second-order valence-electron chi connectivity index (χ2n) is 8.15. The van der Waals surface area contributed by atoms with Gasteiger partial charge in [-0.25, -0.2) is 0 Å². The van der Waals surface area contributed by atoms with Gasteiger partial charge in [-0.2, -0.15) is 31.3 Å². The third kappa shape index (κ3) is 5.47. The minimum Gasteiger partial charge on any atom is -0.381 e. The van der Waals surface area contributed by atoms with E-state index in [0.717, 1.165) is 12.1 Å². The summed E-state index contributed by atoms with van der Waals surface area (Å²) in [4.78, 5) is 16.2. The summed E-state index contributed by atoms with van der Waals surface area (Å²) < 4.78 is 86.7. The van der Waals surface area contributed by atoms with E-state index in [-0.39, 0.29) is 23.5 Å². The molecule has 186 valence electrons. The summed E-state index contributed by atoms with van der Waals surface area (Å²) >= 11 is 0. The molecule has 4 rings (SSSR count). The fraction of sp³-hybridized carbons (Fsp3) is 0.348. The van der Waals surface area contributed by atoms with Crippen molar-refractivity contribution >= 4 is 5.91 Å². The van der Waals surface area contributed by atoms with Crippen molar-refractivity contribution in [2.75, 3.05) is 19.8 Å². The van der Waals surface area contributed by atoms with Crippen molar-refractivity contribution in [2.45, 2.75) is 30.6 Å². The van der Waals surface area contributed by atoms with Gasteiger partial charge >= 0.3 is 18.2 Å². The Bertz CT molecular complexity index is 1180. The van der Waals surface area contributed by atoms with Crippen LogP contribution in [0.25, 0.3) is 11.4 Å². The number of aromatic nitrogens is 2. The number of carbonyl (C=O) groups is 1. The number of benzene rings is 2. The van der Waals surface area contributed by atoms with Crippen LogP contribution in [-0.2, 0) is 22.5 Å². The van der Waals surface area contributed by atoms with Gasteiger partial charge in [0.25, 0.3) is 5.91 Å². The summed E-state index contributed by atoms with van der Waals surface area (Å²) in [5.74, 6) is -2.33. The van der Waals surface area contributed by atoms with E-state index >= 15 is 0 Å². The summed E-state index contributed by atoms with van der Waals surface area (Å²) in [6.07, 6.45) is -8.28. The number of amides is 1. The Hall–Kier alpha value is -3.41. The van der Waals surface area contributed by atoms with Gasteiger partial charge in [0.1, 0.15) is 0 Å². The lowest BCUT2D eigenvalue weighted by Gasteiger charge is -2.38. The number of halogens is 6. The molecule has 0 aliphatic carbocycles. The Labute approximate surface area is 195 Å². The van der Waals surface area contributed by atoms with E-state index in [2.05, 4.69) is 20.0 Å². The van der Waals surface area contributed by atoms with Crippen LogP contribution in [-0.4, -0.2) is 35.8 Å². The highest BCUT2D eigenvalue weighted by atomic mass is 19.4. The number of alkyl halides is 6. The fourth-order valence-electron chi connectivity index (χ4n) is 3.95. The molecule has 1 aromatic heterocycles. The number of rotatable bonds is 5. The molecule has 0 saturated carbocycles. The molecule has 3 aromatic rings. The third-order valence-corrected chi connectivity index (χ3v) is 5.91. The first-order valence-electron chi connectivity index (χ1n) is 10.5. The molecule has 1 aliphatic heterocycles. The fourth-order valence-corrected chi connectivity index (χ4v) is 3.95. The molecule has 12 heteroatoms.